The summed E-state index contributed by atoms with van der Waals surface area (Å²) in [5, 5.41) is 0.102. The Labute approximate surface area is 98.0 Å². The minimum absolute atomic E-state index is 0.102. The summed E-state index contributed by atoms with van der Waals surface area (Å²) in [4.78, 5) is 0. The van der Waals surface area contributed by atoms with Crippen molar-refractivity contribution in [1.29, 1.82) is 0 Å². The molecule has 0 aliphatic heterocycles. The van der Waals surface area contributed by atoms with Crippen LogP contribution in [0.3, 0.4) is 0 Å². The van der Waals surface area contributed by atoms with Gasteiger partial charge in [-0.3, -0.25) is 0 Å². The molecule has 0 aromatic heterocycles. The highest BCUT2D eigenvalue weighted by atomic mass is 32.2. The van der Waals surface area contributed by atoms with E-state index in [0.717, 1.165) is 25.0 Å². The highest BCUT2D eigenvalue weighted by Gasteiger charge is 2.31. The lowest BCUT2D eigenvalue weighted by atomic mass is 10.2. The van der Waals surface area contributed by atoms with Gasteiger partial charge in [0.1, 0.15) is 0 Å². The highest BCUT2D eigenvalue weighted by molar-refractivity contribution is 7.93. The van der Waals surface area contributed by atoms with E-state index in [0.29, 0.717) is 5.69 Å². The molecular formula is C11H12F3NOS. The quantitative estimate of drug-likeness (QED) is 0.801. The average Bonchev–Trinajstić information content (AvgIpc) is 2.99. The third kappa shape index (κ3) is 3.00. The Bertz CT molecular complexity index is 523. The molecular weight excluding hydrogens is 251 g/mol. The lowest BCUT2D eigenvalue weighted by Gasteiger charge is -2.06. The van der Waals surface area contributed by atoms with Gasteiger partial charge in [0, 0.05) is 11.5 Å². The zero-order chi connectivity index (χ0) is 12.7. The number of hydrogen-bond donors (Lipinski definition) is 0. The maximum atomic E-state index is 12.3. The number of alkyl halides is 3. The number of rotatable bonds is 2. The number of nitrogens with zero attached hydrogens (tertiary/aromatic N) is 1. The van der Waals surface area contributed by atoms with Crippen LogP contribution in [-0.2, 0) is 15.9 Å². The average molecular weight is 263 g/mol. The molecule has 0 N–H and O–H groups in total. The molecule has 17 heavy (non-hydrogen) atoms. The number of hydrogen-bond acceptors (Lipinski definition) is 2. The van der Waals surface area contributed by atoms with E-state index in [1.165, 1.54) is 12.1 Å². The molecule has 1 saturated carbocycles. The summed E-state index contributed by atoms with van der Waals surface area (Å²) in [7, 11) is -2.29. The topological polar surface area (TPSA) is 29.4 Å². The lowest BCUT2D eigenvalue weighted by Crippen LogP contribution is -2.04. The van der Waals surface area contributed by atoms with Crippen molar-refractivity contribution < 1.29 is 17.4 Å². The maximum Gasteiger partial charge on any atom is 0.416 e. The van der Waals surface area contributed by atoms with Crippen molar-refractivity contribution in [3.8, 4) is 0 Å². The van der Waals surface area contributed by atoms with Crippen LogP contribution >= 0.6 is 0 Å². The Morgan fingerprint density at radius 2 is 1.76 bits per heavy atom. The van der Waals surface area contributed by atoms with Crippen LogP contribution in [0.25, 0.3) is 0 Å². The molecule has 0 bridgehead atoms. The van der Waals surface area contributed by atoms with Crippen molar-refractivity contribution >= 4 is 15.4 Å². The van der Waals surface area contributed by atoms with Crippen LogP contribution in [0.15, 0.2) is 28.6 Å². The predicted molar refractivity (Wildman–Crippen MR) is 60.6 cm³/mol. The van der Waals surface area contributed by atoms with Crippen molar-refractivity contribution in [3.05, 3.63) is 29.8 Å². The molecule has 0 saturated heterocycles. The van der Waals surface area contributed by atoms with Crippen LogP contribution in [0.2, 0.25) is 0 Å². The molecule has 1 unspecified atom stereocenters. The third-order valence-electron chi connectivity index (χ3n) is 2.62. The SMILES string of the molecule is CS(=O)(=Nc1ccc(C(F)(F)F)cc1)C1CC1. The Balaban J connectivity index is 2.28. The van der Waals surface area contributed by atoms with E-state index in [1.54, 1.807) is 6.26 Å². The van der Waals surface area contributed by atoms with Gasteiger partial charge in [-0.1, -0.05) is 0 Å². The first-order valence-electron chi connectivity index (χ1n) is 5.17. The molecule has 1 aromatic rings. The summed E-state index contributed by atoms with van der Waals surface area (Å²) >= 11 is 0. The minimum Gasteiger partial charge on any atom is -0.249 e. The van der Waals surface area contributed by atoms with Crippen molar-refractivity contribution in [2.24, 2.45) is 4.36 Å². The zero-order valence-corrected chi connectivity index (χ0v) is 10.0. The first kappa shape index (κ1) is 12.4. The first-order valence-corrected chi connectivity index (χ1v) is 7.16. The molecule has 0 radical (unpaired) electrons. The number of benzene rings is 1. The molecule has 1 aliphatic carbocycles. The highest BCUT2D eigenvalue weighted by Crippen LogP contribution is 2.33. The molecule has 1 aromatic carbocycles. The second-order valence-corrected chi connectivity index (χ2v) is 6.77. The van der Waals surface area contributed by atoms with Crippen LogP contribution in [0.4, 0.5) is 18.9 Å². The normalized spacial score (nSPS) is 19.8. The van der Waals surface area contributed by atoms with Crippen LogP contribution in [0, 0.1) is 0 Å². The van der Waals surface area contributed by atoms with E-state index in [9.17, 15) is 17.4 Å². The van der Waals surface area contributed by atoms with Gasteiger partial charge in [0.15, 0.2) is 0 Å². The predicted octanol–water partition coefficient (Wildman–Crippen LogP) is 3.60. The van der Waals surface area contributed by atoms with Crippen LogP contribution in [-0.4, -0.2) is 15.7 Å². The Morgan fingerprint density at radius 3 is 2.18 bits per heavy atom. The van der Waals surface area contributed by atoms with Crippen molar-refractivity contribution in [3.63, 3.8) is 0 Å². The smallest absolute Gasteiger partial charge is 0.249 e. The molecule has 0 heterocycles. The Kier molecular flexibility index (Phi) is 2.93. The maximum absolute atomic E-state index is 12.3. The van der Waals surface area contributed by atoms with Gasteiger partial charge in [0.05, 0.1) is 21.0 Å². The standard InChI is InChI=1S/C11H12F3NOS/c1-17(16,10-6-7-10)15-9-4-2-8(3-5-9)11(12,13)14/h2-5,10H,6-7H2,1H3. The van der Waals surface area contributed by atoms with Gasteiger partial charge in [-0.25, -0.2) is 4.21 Å². The summed E-state index contributed by atoms with van der Waals surface area (Å²) in [6.07, 6.45) is -1.01. The van der Waals surface area contributed by atoms with Gasteiger partial charge >= 0.3 is 6.18 Å². The second-order valence-electron chi connectivity index (χ2n) is 4.20. The van der Waals surface area contributed by atoms with E-state index in [-0.39, 0.29) is 5.25 Å². The zero-order valence-electron chi connectivity index (χ0n) is 9.20. The monoisotopic (exact) mass is 263 g/mol. The van der Waals surface area contributed by atoms with Gasteiger partial charge in [0.2, 0.25) is 0 Å². The second kappa shape index (κ2) is 4.01. The molecule has 0 amide bonds. The molecule has 1 atom stereocenters. The van der Waals surface area contributed by atoms with Crippen molar-refractivity contribution in [2.75, 3.05) is 6.26 Å². The Morgan fingerprint density at radius 1 is 1.24 bits per heavy atom. The van der Waals surface area contributed by atoms with Gasteiger partial charge in [0.25, 0.3) is 0 Å². The van der Waals surface area contributed by atoms with E-state index < -0.39 is 21.5 Å². The fourth-order valence-corrected chi connectivity index (χ4v) is 3.20. The fourth-order valence-electron chi connectivity index (χ4n) is 1.50. The van der Waals surface area contributed by atoms with E-state index in [4.69, 9.17) is 0 Å². The summed E-state index contributed by atoms with van der Waals surface area (Å²) in [6, 6.07) is 4.44. The summed E-state index contributed by atoms with van der Waals surface area (Å²) in [5.41, 5.74) is -0.372. The summed E-state index contributed by atoms with van der Waals surface area (Å²) in [6.45, 7) is 0. The molecule has 94 valence electrons. The van der Waals surface area contributed by atoms with Gasteiger partial charge in [-0.2, -0.15) is 17.5 Å². The van der Waals surface area contributed by atoms with E-state index in [1.807, 2.05) is 0 Å². The van der Waals surface area contributed by atoms with E-state index in [2.05, 4.69) is 4.36 Å². The van der Waals surface area contributed by atoms with E-state index >= 15 is 0 Å². The first-order chi connectivity index (χ1) is 7.79. The minimum atomic E-state index is -4.34. The Hall–Kier alpha value is -1.04. The largest absolute Gasteiger partial charge is 0.416 e. The van der Waals surface area contributed by atoms with Gasteiger partial charge in [-0.05, 0) is 37.1 Å². The molecule has 2 rings (SSSR count). The summed E-state index contributed by atoms with van der Waals surface area (Å²) < 4.78 is 53.0. The van der Waals surface area contributed by atoms with Gasteiger partial charge in [-0.15, -0.1) is 0 Å². The van der Waals surface area contributed by atoms with Gasteiger partial charge < -0.3 is 0 Å². The summed E-state index contributed by atoms with van der Waals surface area (Å²) in [5.74, 6) is 0. The van der Waals surface area contributed by atoms with Crippen LogP contribution in [0.5, 0.6) is 0 Å². The van der Waals surface area contributed by atoms with Crippen molar-refractivity contribution in [1.82, 2.24) is 0 Å². The fraction of sp³-hybridized carbons (Fsp3) is 0.455. The lowest BCUT2D eigenvalue weighted by molar-refractivity contribution is -0.137. The molecule has 6 heteroatoms. The number of halogens is 3. The molecule has 0 spiro atoms. The van der Waals surface area contributed by atoms with Crippen LogP contribution in [0.1, 0.15) is 18.4 Å². The van der Waals surface area contributed by atoms with Crippen molar-refractivity contribution in [2.45, 2.75) is 24.3 Å². The molecule has 1 fully saturated rings. The third-order valence-corrected chi connectivity index (χ3v) is 4.91. The molecule has 1 aliphatic rings. The molecule has 2 nitrogen and oxygen atoms in total. The van der Waals surface area contributed by atoms with Crippen LogP contribution < -0.4 is 0 Å².